The van der Waals surface area contributed by atoms with Crippen molar-refractivity contribution >= 4 is 34.6 Å². The number of fused-ring (bicyclic) bond motifs is 1. The van der Waals surface area contributed by atoms with Gasteiger partial charge in [0, 0.05) is 22.6 Å². The summed E-state index contributed by atoms with van der Waals surface area (Å²) in [6, 6.07) is 7.98. The molecule has 0 aliphatic heterocycles. The van der Waals surface area contributed by atoms with Crippen LogP contribution in [-0.2, 0) is 6.42 Å². The minimum absolute atomic E-state index is 0.244. The van der Waals surface area contributed by atoms with Crippen molar-refractivity contribution in [2.45, 2.75) is 21.9 Å². The van der Waals surface area contributed by atoms with Crippen molar-refractivity contribution in [1.82, 2.24) is 0 Å². The summed E-state index contributed by atoms with van der Waals surface area (Å²) in [7, 11) is 0. The van der Waals surface area contributed by atoms with Crippen LogP contribution in [0.3, 0.4) is 0 Å². The van der Waals surface area contributed by atoms with Gasteiger partial charge in [0.25, 0.3) is 0 Å². The number of hydrogen-bond acceptors (Lipinski definition) is 4. The first-order valence-electron chi connectivity index (χ1n) is 5.41. The van der Waals surface area contributed by atoms with Crippen molar-refractivity contribution in [3.05, 3.63) is 40.8 Å². The lowest BCUT2D eigenvalue weighted by Crippen LogP contribution is -1.95. The van der Waals surface area contributed by atoms with Gasteiger partial charge < -0.3 is 5.73 Å². The third-order valence-corrected chi connectivity index (χ3v) is 4.97. The Morgan fingerprint density at radius 3 is 2.94 bits per heavy atom. The number of rotatable bonds is 2. The normalized spacial score (nSPS) is 14.0. The molecule has 1 aromatic heterocycles. The van der Waals surface area contributed by atoms with E-state index in [1.807, 2.05) is 23.6 Å². The van der Waals surface area contributed by atoms with Crippen LogP contribution in [0.5, 0.6) is 0 Å². The van der Waals surface area contributed by atoms with E-state index in [0.29, 0.717) is 6.42 Å². The monoisotopic (exact) mass is 261 g/mol. The van der Waals surface area contributed by atoms with Crippen LogP contribution in [0.15, 0.2) is 38.8 Å². The van der Waals surface area contributed by atoms with Gasteiger partial charge in [0.05, 0.1) is 4.21 Å². The Balaban J connectivity index is 2.00. The molecular weight excluding hydrogens is 250 g/mol. The molecule has 0 spiro atoms. The highest BCUT2D eigenvalue weighted by Crippen LogP contribution is 2.38. The van der Waals surface area contributed by atoms with Crippen LogP contribution in [0.2, 0.25) is 0 Å². The second-order valence-corrected chi connectivity index (χ2v) is 6.29. The number of ketones is 1. The molecule has 2 nitrogen and oxygen atoms in total. The van der Waals surface area contributed by atoms with Gasteiger partial charge in [-0.1, -0.05) is 17.8 Å². The van der Waals surface area contributed by atoms with E-state index in [1.54, 1.807) is 23.1 Å². The van der Waals surface area contributed by atoms with E-state index in [2.05, 4.69) is 6.07 Å². The van der Waals surface area contributed by atoms with E-state index in [0.717, 1.165) is 28.1 Å². The van der Waals surface area contributed by atoms with Crippen molar-refractivity contribution < 1.29 is 4.79 Å². The molecular formula is C13H11NOS2. The molecule has 1 aromatic carbocycles. The lowest BCUT2D eigenvalue weighted by molar-refractivity contribution is 0.0994. The summed E-state index contributed by atoms with van der Waals surface area (Å²) >= 11 is 3.31. The molecule has 3 rings (SSSR count). The van der Waals surface area contributed by atoms with Gasteiger partial charge in [0.1, 0.15) is 0 Å². The zero-order chi connectivity index (χ0) is 11.8. The van der Waals surface area contributed by atoms with Crippen molar-refractivity contribution in [1.29, 1.82) is 0 Å². The standard InChI is InChI=1S/C13H11NOS2/c14-10-6-8-3-4-11(15)9(8)7-12(10)17-13-2-1-5-16-13/h1-2,5-7H,3-4,14H2. The van der Waals surface area contributed by atoms with Gasteiger partial charge in [-0.05, 0) is 35.6 Å². The first-order valence-corrected chi connectivity index (χ1v) is 7.10. The van der Waals surface area contributed by atoms with E-state index >= 15 is 0 Å². The number of carbonyl (C=O) groups excluding carboxylic acids is 1. The minimum atomic E-state index is 0.244. The summed E-state index contributed by atoms with van der Waals surface area (Å²) in [5.41, 5.74) is 8.76. The predicted octanol–water partition coefficient (Wildman–Crippen LogP) is 3.61. The van der Waals surface area contributed by atoms with Gasteiger partial charge in [-0.2, -0.15) is 0 Å². The molecule has 0 unspecified atom stereocenters. The molecule has 0 fully saturated rings. The molecule has 0 saturated heterocycles. The average Bonchev–Trinajstić information content (AvgIpc) is 2.92. The maximum absolute atomic E-state index is 11.7. The van der Waals surface area contributed by atoms with Crippen molar-refractivity contribution in [2.24, 2.45) is 0 Å². The Hall–Kier alpha value is -1.26. The lowest BCUT2D eigenvalue weighted by atomic mass is 10.1. The molecule has 1 aliphatic carbocycles. The number of nitrogen functional groups attached to an aromatic ring is 1. The molecule has 1 aliphatic rings. The molecule has 0 amide bonds. The highest BCUT2D eigenvalue weighted by atomic mass is 32.2. The van der Waals surface area contributed by atoms with Gasteiger partial charge in [0.2, 0.25) is 0 Å². The number of aryl methyl sites for hydroxylation is 1. The van der Waals surface area contributed by atoms with E-state index in [9.17, 15) is 4.79 Å². The lowest BCUT2D eigenvalue weighted by Gasteiger charge is -2.06. The molecule has 86 valence electrons. The molecule has 4 heteroatoms. The number of hydrogen-bond donors (Lipinski definition) is 1. The van der Waals surface area contributed by atoms with Gasteiger partial charge in [-0.25, -0.2) is 0 Å². The molecule has 0 radical (unpaired) electrons. The molecule has 0 saturated carbocycles. The van der Waals surface area contributed by atoms with E-state index in [1.165, 1.54) is 4.21 Å². The topological polar surface area (TPSA) is 43.1 Å². The minimum Gasteiger partial charge on any atom is -0.398 e. The van der Waals surface area contributed by atoms with Crippen molar-refractivity contribution in [3.63, 3.8) is 0 Å². The van der Waals surface area contributed by atoms with Crippen molar-refractivity contribution in [2.75, 3.05) is 5.73 Å². The Morgan fingerprint density at radius 2 is 2.18 bits per heavy atom. The first kappa shape index (κ1) is 10.9. The van der Waals surface area contributed by atoms with E-state index < -0.39 is 0 Å². The fourth-order valence-corrected chi connectivity index (χ4v) is 3.81. The van der Waals surface area contributed by atoms with Crippen LogP contribution < -0.4 is 5.73 Å². The smallest absolute Gasteiger partial charge is 0.163 e. The quantitative estimate of drug-likeness (QED) is 0.840. The zero-order valence-corrected chi connectivity index (χ0v) is 10.7. The van der Waals surface area contributed by atoms with Crippen LogP contribution in [0.4, 0.5) is 5.69 Å². The second-order valence-electron chi connectivity index (χ2n) is 4.00. The summed E-state index contributed by atoms with van der Waals surface area (Å²) in [6.45, 7) is 0. The zero-order valence-electron chi connectivity index (χ0n) is 9.10. The predicted molar refractivity (Wildman–Crippen MR) is 71.9 cm³/mol. The van der Waals surface area contributed by atoms with Gasteiger partial charge >= 0.3 is 0 Å². The molecule has 1 heterocycles. The number of carbonyl (C=O) groups is 1. The van der Waals surface area contributed by atoms with Crippen LogP contribution in [0.25, 0.3) is 0 Å². The van der Waals surface area contributed by atoms with Gasteiger partial charge in [0.15, 0.2) is 5.78 Å². The third kappa shape index (κ3) is 1.98. The summed E-state index contributed by atoms with van der Waals surface area (Å²) in [4.78, 5) is 12.7. The van der Waals surface area contributed by atoms with Crippen LogP contribution in [0.1, 0.15) is 22.3 Å². The van der Waals surface area contributed by atoms with E-state index in [4.69, 9.17) is 5.73 Å². The number of nitrogens with two attached hydrogens (primary N) is 1. The summed E-state index contributed by atoms with van der Waals surface area (Å²) in [5, 5.41) is 2.04. The van der Waals surface area contributed by atoms with Crippen LogP contribution >= 0.6 is 23.1 Å². The average molecular weight is 261 g/mol. The van der Waals surface area contributed by atoms with Crippen LogP contribution in [-0.4, -0.2) is 5.78 Å². The van der Waals surface area contributed by atoms with Crippen LogP contribution in [0, 0.1) is 0 Å². The molecule has 0 atom stereocenters. The summed E-state index contributed by atoms with van der Waals surface area (Å²) < 4.78 is 1.20. The Kier molecular flexibility index (Phi) is 2.68. The molecule has 0 bridgehead atoms. The van der Waals surface area contributed by atoms with E-state index in [-0.39, 0.29) is 5.78 Å². The van der Waals surface area contributed by atoms with Crippen molar-refractivity contribution in [3.8, 4) is 0 Å². The highest BCUT2D eigenvalue weighted by molar-refractivity contribution is 8.01. The first-order chi connectivity index (χ1) is 8.24. The maximum atomic E-state index is 11.7. The summed E-state index contributed by atoms with van der Waals surface area (Å²) in [5.74, 6) is 0.244. The maximum Gasteiger partial charge on any atom is 0.163 e. The Morgan fingerprint density at radius 1 is 1.29 bits per heavy atom. The number of anilines is 1. The van der Waals surface area contributed by atoms with Gasteiger partial charge in [-0.15, -0.1) is 11.3 Å². The highest BCUT2D eigenvalue weighted by Gasteiger charge is 2.21. The molecule has 17 heavy (non-hydrogen) atoms. The van der Waals surface area contributed by atoms with Gasteiger partial charge in [-0.3, -0.25) is 4.79 Å². The Bertz CT molecular complexity index is 575. The summed E-state index contributed by atoms with van der Waals surface area (Å²) in [6.07, 6.45) is 1.46. The number of Topliss-reactive ketones (excluding diaryl/α,β-unsaturated/α-hetero) is 1. The Labute approximate surface area is 108 Å². The molecule has 2 N–H and O–H groups in total. The fraction of sp³-hybridized carbons (Fsp3) is 0.154. The molecule has 2 aromatic rings. The SMILES string of the molecule is Nc1cc2c(cc1Sc1cccs1)C(=O)CC2. The number of benzene rings is 1. The second kappa shape index (κ2) is 4.20. The largest absolute Gasteiger partial charge is 0.398 e. The fourth-order valence-electron chi connectivity index (χ4n) is 2.01. The third-order valence-electron chi connectivity index (χ3n) is 2.86. The number of thiophene rings is 1.